The number of carbonyl (C=O) groups excluding carboxylic acids is 1. The first-order valence-corrected chi connectivity index (χ1v) is 6.53. The summed E-state index contributed by atoms with van der Waals surface area (Å²) < 4.78 is 6.18. The van der Waals surface area contributed by atoms with Gasteiger partial charge >= 0.3 is 0 Å². The summed E-state index contributed by atoms with van der Waals surface area (Å²) in [6.07, 6.45) is 0.664. The number of anilines is 1. The van der Waals surface area contributed by atoms with Crippen LogP contribution in [0.3, 0.4) is 0 Å². The Morgan fingerprint density at radius 2 is 2.39 bits per heavy atom. The molecule has 2 atom stereocenters. The second-order valence-corrected chi connectivity index (χ2v) is 5.18. The minimum atomic E-state index is -0.139. The molecule has 0 aliphatic carbocycles. The fraction of sp³-hybridized carbons (Fsp3) is 0.385. The molecule has 1 saturated heterocycles. The van der Waals surface area contributed by atoms with Gasteiger partial charge in [0.25, 0.3) is 0 Å². The van der Waals surface area contributed by atoms with E-state index in [4.69, 9.17) is 10.00 Å². The molecule has 2 rings (SSSR count). The summed E-state index contributed by atoms with van der Waals surface area (Å²) >= 11 is 3.30. The molecule has 0 aromatic heterocycles. The number of hydrogen-bond acceptors (Lipinski definition) is 3. The predicted molar refractivity (Wildman–Crippen MR) is 71.0 cm³/mol. The van der Waals surface area contributed by atoms with Crippen LogP contribution < -0.4 is 5.32 Å². The molecular formula is C13H13BrN2O2. The Morgan fingerprint density at radius 3 is 3.00 bits per heavy atom. The molecule has 0 bridgehead atoms. The van der Waals surface area contributed by atoms with Gasteiger partial charge in [-0.2, -0.15) is 5.26 Å². The van der Waals surface area contributed by atoms with E-state index in [-0.39, 0.29) is 17.9 Å². The van der Waals surface area contributed by atoms with Crippen molar-refractivity contribution in [3.8, 4) is 6.07 Å². The maximum atomic E-state index is 12.1. The number of benzene rings is 1. The largest absolute Gasteiger partial charge is 0.378 e. The van der Waals surface area contributed by atoms with Gasteiger partial charge in [0.2, 0.25) is 5.91 Å². The number of hydrogen-bond donors (Lipinski definition) is 1. The number of halogens is 1. The zero-order valence-corrected chi connectivity index (χ0v) is 11.5. The van der Waals surface area contributed by atoms with Gasteiger partial charge in [-0.15, -0.1) is 0 Å². The van der Waals surface area contributed by atoms with E-state index in [2.05, 4.69) is 27.3 Å². The summed E-state index contributed by atoms with van der Waals surface area (Å²) in [4.78, 5) is 12.1. The highest BCUT2D eigenvalue weighted by atomic mass is 79.9. The van der Waals surface area contributed by atoms with Gasteiger partial charge in [0.05, 0.1) is 23.3 Å². The molecule has 0 saturated carbocycles. The lowest BCUT2D eigenvalue weighted by Gasteiger charge is -2.14. The molecule has 0 spiro atoms. The highest BCUT2D eigenvalue weighted by Crippen LogP contribution is 2.25. The van der Waals surface area contributed by atoms with E-state index in [1.54, 1.807) is 18.2 Å². The van der Waals surface area contributed by atoms with E-state index >= 15 is 0 Å². The van der Waals surface area contributed by atoms with Gasteiger partial charge in [-0.3, -0.25) is 4.79 Å². The lowest BCUT2D eigenvalue weighted by atomic mass is 10.0. The van der Waals surface area contributed by atoms with Crippen molar-refractivity contribution in [1.82, 2.24) is 0 Å². The zero-order valence-electron chi connectivity index (χ0n) is 9.94. The Kier molecular flexibility index (Phi) is 4.00. The van der Waals surface area contributed by atoms with E-state index in [1.165, 1.54) is 0 Å². The van der Waals surface area contributed by atoms with Crippen molar-refractivity contribution in [2.75, 3.05) is 11.9 Å². The topological polar surface area (TPSA) is 62.1 Å². The monoisotopic (exact) mass is 308 g/mol. The molecule has 1 aromatic carbocycles. The number of nitrogens with one attached hydrogen (secondary N) is 1. The fourth-order valence-corrected chi connectivity index (χ4v) is 2.38. The minimum absolute atomic E-state index is 0.0639. The lowest BCUT2D eigenvalue weighted by Crippen LogP contribution is -2.28. The first kappa shape index (κ1) is 13.1. The molecule has 1 fully saturated rings. The summed E-state index contributed by atoms with van der Waals surface area (Å²) in [7, 11) is 0. The summed E-state index contributed by atoms with van der Waals surface area (Å²) in [5.74, 6) is -0.223. The standard InChI is InChI=1S/C13H13BrN2O2/c1-8-11(4-5-18-8)13(17)16-12-3-2-10(14)6-9(12)7-15/h2-3,6,8,11H,4-5H2,1H3,(H,16,17). The Hall–Kier alpha value is -1.38. The zero-order chi connectivity index (χ0) is 13.1. The third-order valence-electron chi connectivity index (χ3n) is 3.07. The molecular weight excluding hydrogens is 296 g/mol. The van der Waals surface area contributed by atoms with Crippen LogP contribution in [-0.4, -0.2) is 18.6 Å². The number of ether oxygens (including phenoxy) is 1. The second-order valence-electron chi connectivity index (χ2n) is 4.26. The van der Waals surface area contributed by atoms with Crippen molar-refractivity contribution in [2.24, 2.45) is 5.92 Å². The third kappa shape index (κ3) is 2.71. The summed E-state index contributed by atoms with van der Waals surface area (Å²) in [6.45, 7) is 2.51. The van der Waals surface area contributed by atoms with Crippen LogP contribution in [0.4, 0.5) is 5.69 Å². The van der Waals surface area contributed by atoms with Crippen molar-refractivity contribution >= 4 is 27.5 Å². The Morgan fingerprint density at radius 1 is 1.61 bits per heavy atom. The maximum absolute atomic E-state index is 12.1. The first-order valence-electron chi connectivity index (χ1n) is 5.74. The average Bonchev–Trinajstić information content (AvgIpc) is 2.77. The molecule has 4 nitrogen and oxygen atoms in total. The van der Waals surface area contributed by atoms with Crippen LogP contribution in [-0.2, 0) is 9.53 Å². The van der Waals surface area contributed by atoms with Gasteiger partial charge in [-0.05, 0) is 31.5 Å². The summed E-state index contributed by atoms with van der Waals surface area (Å²) in [5, 5.41) is 11.8. The molecule has 94 valence electrons. The van der Waals surface area contributed by atoms with Gasteiger partial charge in [-0.25, -0.2) is 0 Å². The molecule has 0 radical (unpaired) electrons. The van der Waals surface area contributed by atoms with Crippen LogP contribution in [0.1, 0.15) is 18.9 Å². The van der Waals surface area contributed by atoms with Gasteiger partial charge < -0.3 is 10.1 Å². The second kappa shape index (κ2) is 5.51. The summed E-state index contributed by atoms with van der Waals surface area (Å²) in [6, 6.07) is 7.27. The number of rotatable bonds is 2. The molecule has 1 heterocycles. The predicted octanol–water partition coefficient (Wildman–Crippen LogP) is 2.68. The number of nitriles is 1. The van der Waals surface area contributed by atoms with Crippen LogP contribution in [0, 0.1) is 17.2 Å². The van der Waals surface area contributed by atoms with Crippen molar-refractivity contribution < 1.29 is 9.53 Å². The van der Waals surface area contributed by atoms with Gasteiger partial charge in [0.15, 0.2) is 0 Å². The molecule has 1 aromatic rings. The third-order valence-corrected chi connectivity index (χ3v) is 3.57. The molecule has 18 heavy (non-hydrogen) atoms. The Balaban J connectivity index is 2.14. The minimum Gasteiger partial charge on any atom is -0.378 e. The number of carbonyl (C=O) groups is 1. The van der Waals surface area contributed by atoms with Crippen LogP contribution in [0.15, 0.2) is 22.7 Å². The SMILES string of the molecule is CC1OCCC1C(=O)Nc1ccc(Br)cc1C#N. The van der Waals surface area contributed by atoms with E-state index in [0.29, 0.717) is 17.9 Å². The normalized spacial score (nSPS) is 22.5. The van der Waals surface area contributed by atoms with Crippen LogP contribution >= 0.6 is 15.9 Å². The quantitative estimate of drug-likeness (QED) is 0.913. The van der Waals surface area contributed by atoms with Gasteiger partial charge in [0, 0.05) is 11.1 Å². The van der Waals surface area contributed by atoms with E-state index in [0.717, 1.165) is 10.9 Å². The van der Waals surface area contributed by atoms with Crippen LogP contribution in [0.25, 0.3) is 0 Å². The maximum Gasteiger partial charge on any atom is 0.230 e. The molecule has 1 aliphatic heterocycles. The molecule has 5 heteroatoms. The average molecular weight is 309 g/mol. The van der Waals surface area contributed by atoms with Crippen molar-refractivity contribution in [3.63, 3.8) is 0 Å². The smallest absolute Gasteiger partial charge is 0.230 e. The molecule has 1 aliphatic rings. The highest BCUT2D eigenvalue weighted by Gasteiger charge is 2.30. The first-order chi connectivity index (χ1) is 8.61. The molecule has 1 N–H and O–H groups in total. The van der Waals surface area contributed by atoms with E-state index in [1.807, 2.05) is 6.92 Å². The van der Waals surface area contributed by atoms with Gasteiger partial charge in [0.1, 0.15) is 6.07 Å². The Labute approximate surface area is 114 Å². The van der Waals surface area contributed by atoms with Crippen LogP contribution in [0.2, 0.25) is 0 Å². The Bertz CT molecular complexity index is 510. The fourth-order valence-electron chi connectivity index (χ4n) is 2.02. The van der Waals surface area contributed by atoms with Crippen LogP contribution in [0.5, 0.6) is 0 Å². The van der Waals surface area contributed by atoms with E-state index < -0.39 is 0 Å². The van der Waals surface area contributed by atoms with Crippen molar-refractivity contribution in [3.05, 3.63) is 28.2 Å². The van der Waals surface area contributed by atoms with Gasteiger partial charge in [-0.1, -0.05) is 15.9 Å². The number of amides is 1. The summed E-state index contributed by atoms with van der Waals surface area (Å²) in [5.41, 5.74) is 0.995. The molecule has 1 amide bonds. The van der Waals surface area contributed by atoms with Crippen molar-refractivity contribution in [1.29, 1.82) is 5.26 Å². The lowest BCUT2D eigenvalue weighted by molar-refractivity contribution is -0.121. The van der Waals surface area contributed by atoms with E-state index in [9.17, 15) is 4.79 Å². The highest BCUT2D eigenvalue weighted by molar-refractivity contribution is 9.10. The molecule has 2 unspecified atom stereocenters. The van der Waals surface area contributed by atoms with Crippen molar-refractivity contribution in [2.45, 2.75) is 19.4 Å². The number of nitrogens with zero attached hydrogens (tertiary/aromatic N) is 1.